The van der Waals surface area contributed by atoms with E-state index in [9.17, 15) is 0 Å². The molecule has 1 fully saturated rings. The van der Waals surface area contributed by atoms with Gasteiger partial charge in [0.15, 0.2) is 17.0 Å². The van der Waals surface area contributed by atoms with Gasteiger partial charge in [-0.15, -0.1) is 0 Å². The standard InChI is InChI=1S/C24H26N8O/c1-18-5-4-6-19(15-18)16-27-30-22-21-23(29-24(28-22)31-11-13-33-14-12-31)32(17-26-21)10-8-20-7-2-3-9-25-20/h2-7,9,15-17H,8,10-14H2,1H3,(H,28,29,30)/b27-16+. The second-order valence-electron chi connectivity index (χ2n) is 7.94. The zero-order chi connectivity index (χ0) is 22.5. The molecule has 9 heteroatoms. The van der Waals surface area contributed by atoms with Gasteiger partial charge in [-0.25, -0.2) is 4.98 Å². The number of pyridine rings is 1. The number of anilines is 2. The van der Waals surface area contributed by atoms with Crippen molar-refractivity contribution < 1.29 is 4.74 Å². The number of morpholine rings is 1. The van der Waals surface area contributed by atoms with Crippen LogP contribution >= 0.6 is 0 Å². The van der Waals surface area contributed by atoms with E-state index in [-0.39, 0.29) is 0 Å². The zero-order valence-corrected chi connectivity index (χ0v) is 18.6. The molecule has 0 saturated carbocycles. The van der Waals surface area contributed by atoms with E-state index < -0.39 is 0 Å². The van der Waals surface area contributed by atoms with Crippen LogP contribution in [-0.4, -0.2) is 57.0 Å². The lowest BCUT2D eigenvalue weighted by molar-refractivity contribution is 0.122. The molecular weight excluding hydrogens is 416 g/mol. The van der Waals surface area contributed by atoms with E-state index in [1.165, 1.54) is 5.56 Å². The average molecular weight is 443 g/mol. The van der Waals surface area contributed by atoms with Gasteiger partial charge in [0.2, 0.25) is 5.95 Å². The molecule has 3 aromatic heterocycles. The van der Waals surface area contributed by atoms with E-state index in [1.54, 1.807) is 12.5 Å². The minimum atomic E-state index is 0.585. The Morgan fingerprint density at radius 1 is 1.09 bits per heavy atom. The molecule has 1 saturated heterocycles. The largest absolute Gasteiger partial charge is 0.378 e. The summed E-state index contributed by atoms with van der Waals surface area (Å²) in [7, 11) is 0. The number of aryl methyl sites for hydroxylation is 3. The molecule has 0 radical (unpaired) electrons. The first-order valence-corrected chi connectivity index (χ1v) is 11.1. The maximum absolute atomic E-state index is 5.50. The Balaban J connectivity index is 1.45. The number of nitrogens with one attached hydrogen (secondary N) is 1. The van der Waals surface area contributed by atoms with E-state index in [0.29, 0.717) is 30.5 Å². The SMILES string of the molecule is Cc1cccc(/C=N/Nc2nc(N3CCOCC3)nc3c2ncn3CCc2ccccn2)c1. The highest BCUT2D eigenvalue weighted by molar-refractivity contribution is 5.86. The van der Waals surface area contributed by atoms with Crippen molar-refractivity contribution in [2.45, 2.75) is 19.9 Å². The van der Waals surface area contributed by atoms with Gasteiger partial charge in [0.25, 0.3) is 0 Å². The summed E-state index contributed by atoms with van der Waals surface area (Å²) in [6.07, 6.45) is 6.19. The molecule has 168 valence electrons. The fraction of sp³-hybridized carbons (Fsp3) is 0.292. The smallest absolute Gasteiger partial charge is 0.229 e. The number of nitrogens with zero attached hydrogens (tertiary/aromatic N) is 7. The highest BCUT2D eigenvalue weighted by atomic mass is 16.5. The van der Waals surface area contributed by atoms with Crippen molar-refractivity contribution >= 4 is 29.1 Å². The monoisotopic (exact) mass is 442 g/mol. The second-order valence-corrected chi connectivity index (χ2v) is 7.94. The fourth-order valence-corrected chi connectivity index (χ4v) is 3.78. The van der Waals surface area contributed by atoms with Crippen molar-refractivity contribution in [2.75, 3.05) is 36.6 Å². The molecule has 0 amide bonds. The topological polar surface area (TPSA) is 93.4 Å². The summed E-state index contributed by atoms with van der Waals surface area (Å²) in [5, 5.41) is 4.42. The van der Waals surface area contributed by atoms with Crippen LogP contribution in [0, 0.1) is 6.92 Å². The van der Waals surface area contributed by atoms with Crippen LogP contribution in [-0.2, 0) is 17.7 Å². The number of hydrazone groups is 1. The number of ether oxygens (including phenoxy) is 1. The van der Waals surface area contributed by atoms with E-state index in [4.69, 9.17) is 14.7 Å². The van der Waals surface area contributed by atoms with Crippen LogP contribution in [0.1, 0.15) is 16.8 Å². The molecule has 33 heavy (non-hydrogen) atoms. The highest BCUT2D eigenvalue weighted by Gasteiger charge is 2.19. The number of rotatable bonds is 7. The summed E-state index contributed by atoms with van der Waals surface area (Å²) in [5.41, 5.74) is 7.79. The van der Waals surface area contributed by atoms with Gasteiger partial charge in [-0.2, -0.15) is 15.1 Å². The molecule has 1 aromatic carbocycles. The first-order chi connectivity index (χ1) is 16.3. The van der Waals surface area contributed by atoms with Crippen molar-refractivity contribution in [2.24, 2.45) is 5.10 Å². The summed E-state index contributed by atoms with van der Waals surface area (Å²) >= 11 is 0. The third-order valence-corrected chi connectivity index (χ3v) is 5.51. The Hall–Kier alpha value is -3.85. The highest BCUT2D eigenvalue weighted by Crippen LogP contribution is 2.23. The Kier molecular flexibility index (Phi) is 6.21. The van der Waals surface area contributed by atoms with Crippen LogP contribution in [0.5, 0.6) is 0 Å². The lowest BCUT2D eigenvalue weighted by Gasteiger charge is -2.27. The average Bonchev–Trinajstić information content (AvgIpc) is 3.27. The van der Waals surface area contributed by atoms with E-state index in [1.807, 2.05) is 41.1 Å². The molecule has 1 aliphatic rings. The summed E-state index contributed by atoms with van der Waals surface area (Å²) in [5.74, 6) is 1.24. The minimum Gasteiger partial charge on any atom is -0.378 e. The molecule has 9 nitrogen and oxygen atoms in total. The first-order valence-electron chi connectivity index (χ1n) is 11.1. The van der Waals surface area contributed by atoms with Gasteiger partial charge in [0.05, 0.1) is 25.8 Å². The van der Waals surface area contributed by atoms with E-state index in [0.717, 1.165) is 43.0 Å². The van der Waals surface area contributed by atoms with Gasteiger partial charge in [-0.3, -0.25) is 10.4 Å². The van der Waals surface area contributed by atoms with Gasteiger partial charge in [0, 0.05) is 37.9 Å². The molecule has 1 N–H and O–H groups in total. The predicted octanol–water partition coefficient (Wildman–Crippen LogP) is 3.06. The maximum atomic E-state index is 5.50. The normalized spacial score (nSPS) is 14.3. The minimum absolute atomic E-state index is 0.585. The van der Waals surface area contributed by atoms with Crippen LogP contribution < -0.4 is 10.3 Å². The van der Waals surface area contributed by atoms with Gasteiger partial charge in [-0.05, 0) is 24.6 Å². The molecule has 0 spiro atoms. The molecule has 5 rings (SSSR count). The van der Waals surface area contributed by atoms with Crippen molar-refractivity contribution in [1.29, 1.82) is 0 Å². The van der Waals surface area contributed by atoms with Gasteiger partial charge in [0.1, 0.15) is 0 Å². The predicted molar refractivity (Wildman–Crippen MR) is 129 cm³/mol. The Morgan fingerprint density at radius 2 is 2.00 bits per heavy atom. The molecule has 1 aliphatic heterocycles. The Morgan fingerprint density at radius 3 is 2.82 bits per heavy atom. The zero-order valence-electron chi connectivity index (χ0n) is 18.6. The third-order valence-electron chi connectivity index (χ3n) is 5.51. The van der Waals surface area contributed by atoms with Crippen LogP contribution in [0.4, 0.5) is 11.8 Å². The number of hydrogen-bond donors (Lipinski definition) is 1. The summed E-state index contributed by atoms with van der Waals surface area (Å²) in [6, 6.07) is 14.1. The molecular formula is C24H26N8O. The molecule has 0 aliphatic carbocycles. The van der Waals surface area contributed by atoms with E-state index in [2.05, 4.69) is 44.5 Å². The van der Waals surface area contributed by atoms with Crippen LogP contribution in [0.25, 0.3) is 11.2 Å². The van der Waals surface area contributed by atoms with Crippen molar-refractivity contribution in [1.82, 2.24) is 24.5 Å². The summed E-state index contributed by atoms with van der Waals surface area (Å²) < 4.78 is 7.54. The van der Waals surface area contributed by atoms with Crippen molar-refractivity contribution in [3.8, 4) is 0 Å². The van der Waals surface area contributed by atoms with Crippen molar-refractivity contribution in [3.63, 3.8) is 0 Å². The number of hydrogen-bond acceptors (Lipinski definition) is 8. The Bertz CT molecular complexity index is 1250. The third kappa shape index (κ3) is 4.98. The summed E-state index contributed by atoms with van der Waals surface area (Å²) in [4.78, 5) is 20.8. The molecule has 0 bridgehead atoms. The summed E-state index contributed by atoms with van der Waals surface area (Å²) in [6.45, 7) is 5.60. The number of aromatic nitrogens is 5. The number of fused-ring (bicyclic) bond motifs is 1. The van der Waals surface area contributed by atoms with Crippen LogP contribution in [0.15, 0.2) is 60.1 Å². The maximum Gasteiger partial charge on any atom is 0.229 e. The van der Waals surface area contributed by atoms with Crippen LogP contribution in [0.2, 0.25) is 0 Å². The van der Waals surface area contributed by atoms with Gasteiger partial charge in [-0.1, -0.05) is 35.9 Å². The lowest BCUT2D eigenvalue weighted by atomic mass is 10.2. The first kappa shape index (κ1) is 21.0. The van der Waals surface area contributed by atoms with Gasteiger partial charge < -0.3 is 14.2 Å². The Labute approximate surface area is 192 Å². The second kappa shape index (κ2) is 9.74. The lowest BCUT2D eigenvalue weighted by Crippen LogP contribution is -2.37. The number of benzene rings is 1. The van der Waals surface area contributed by atoms with Gasteiger partial charge >= 0.3 is 0 Å². The molecule has 0 atom stereocenters. The molecule has 0 unspecified atom stereocenters. The van der Waals surface area contributed by atoms with E-state index >= 15 is 0 Å². The quantitative estimate of drug-likeness (QED) is 0.347. The van der Waals surface area contributed by atoms with Crippen molar-refractivity contribution in [3.05, 3.63) is 71.8 Å². The molecule has 4 heterocycles. The molecule has 4 aromatic rings. The fourth-order valence-electron chi connectivity index (χ4n) is 3.78. The number of imidazole rings is 1. The van der Waals surface area contributed by atoms with Crippen LogP contribution in [0.3, 0.4) is 0 Å².